The predicted octanol–water partition coefficient (Wildman–Crippen LogP) is 1.35. The van der Waals surface area contributed by atoms with Crippen molar-refractivity contribution < 1.29 is 28.2 Å². The van der Waals surface area contributed by atoms with Crippen LogP contribution in [-0.4, -0.2) is 30.3 Å². The number of hydrogen-bond donors (Lipinski definition) is 3. The number of benzene rings is 1. The molecule has 0 aliphatic carbocycles. The normalized spacial score (nSPS) is 11.7. The summed E-state index contributed by atoms with van der Waals surface area (Å²) in [7, 11) is 0. The highest BCUT2D eigenvalue weighted by Crippen LogP contribution is 2.36. The molecule has 1 aliphatic rings. The molecule has 130 valence electrons. The number of hydrogen-bond acceptors (Lipinski definition) is 6. The highest BCUT2D eigenvalue weighted by Gasteiger charge is 2.15. The Morgan fingerprint density at radius 2 is 2.04 bits per heavy atom. The van der Waals surface area contributed by atoms with E-state index in [0.717, 1.165) is 0 Å². The first-order valence-corrected chi connectivity index (χ1v) is 7.08. The average molecular weight is 348 g/mol. The number of ether oxygens (including phenoxy) is 3. The van der Waals surface area contributed by atoms with Gasteiger partial charge in [0.1, 0.15) is 5.75 Å². The predicted molar refractivity (Wildman–Crippen MR) is 83.0 cm³/mol. The molecule has 0 atom stereocenters. The lowest BCUT2D eigenvalue weighted by Gasteiger charge is -2.09. The molecule has 25 heavy (non-hydrogen) atoms. The number of aromatic nitrogens is 1. The lowest BCUT2D eigenvalue weighted by molar-refractivity contribution is -0.117. The molecule has 2 heterocycles. The summed E-state index contributed by atoms with van der Waals surface area (Å²) in [6.45, 7) is -0.240. The van der Waals surface area contributed by atoms with Gasteiger partial charge in [-0.2, -0.15) is 9.37 Å². The van der Waals surface area contributed by atoms with E-state index in [0.29, 0.717) is 17.2 Å². The molecule has 0 radical (unpaired) electrons. The fourth-order valence-corrected chi connectivity index (χ4v) is 1.96. The molecule has 3 amide bonds. The number of urea groups is 1. The number of pyridine rings is 1. The van der Waals surface area contributed by atoms with Gasteiger partial charge in [-0.3, -0.25) is 4.79 Å². The van der Waals surface area contributed by atoms with Crippen LogP contribution in [0.1, 0.15) is 0 Å². The molecule has 0 fully saturated rings. The van der Waals surface area contributed by atoms with E-state index in [1.54, 1.807) is 18.2 Å². The maximum Gasteiger partial charge on any atom is 0.319 e. The molecule has 2 aromatic rings. The first-order chi connectivity index (χ1) is 12.0. The van der Waals surface area contributed by atoms with Crippen molar-refractivity contribution in [1.29, 1.82) is 0 Å². The molecular weight excluding hydrogens is 335 g/mol. The minimum Gasteiger partial charge on any atom is -0.454 e. The molecule has 1 aliphatic heterocycles. The second-order valence-corrected chi connectivity index (χ2v) is 4.88. The molecule has 1 aromatic heterocycles. The Hall–Kier alpha value is -3.56. The van der Waals surface area contributed by atoms with Gasteiger partial charge in [0.25, 0.3) is 0 Å². The van der Waals surface area contributed by atoms with Crippen LogP contribution in [-0.2, 0) is 4.79 Å². The van der Waals surface area contributed by atoms with Gasteiger partial charge in [0.05, 0.1) is 12.2 Å². The van der Waals surface area contributed by atoms with Crippen LogP contribution >= 0.6 is 0 Å². The molecule has 0 saturated carbocycles. The van der Waals surface area contributed by atoms with Gasteiger partial charge in [-0.25, -0.2) is 4.79 Å². The van der Waals surface area contributed by atoms with Gasteiger partial charge in [-0.05, 0) is 18.2 Å². The summed E-state index contributed by atoms with van der Waals surface area (Å²) in [6.07, 6.45) is 0. The van der Waals surface area contributed by atoms with Crippen LogP contribution in [0.4, 0.5) is 14.9 Å². The summed E-state index contributed by atoms with van der Waals surface area (Å²) in [5.74, 6) is -0.195. The van der Waals surface area contributed by atoms with Gasteiger partial charge < -0.3 is 30.6 Å². The maximum atomic E-state index is 14.0. The van der Waals surface area contributed by atoms with E-state index in [4.69, 9.17) is 19.9 Å². The Kier molecular flexibility index (Phi) is 4.50. The monoisotopic (exact) mass is 348 g/mol. The van der Waals surface area contributed by atoms with E-state index in [2.05, 4.69) is 15.6 Å². The Morgan fingerprint density at radius 1 is 1.24 bits per heavy atom. The van der Waals surface area contributed by atoms with E-state index in [-0.39, 0.29) is 24.9 Å². The average Bonchev–Trinajstić information content (AvgIpc) is 3.03. The second kappa shape index (κ2) is 6.91. The highest BCUT2D eigenvalue weighted by molar-refractivity contribution is 5.91. The number of carbonyl (C=O) groups excluding carboxylic acids is 2. The number of anilines is 1. The summed E-state index contributed by atoms with van der Waals surface area (Å²) >= 11 is 0. The van der Waals surface area contributed by atoms with Gasteiger partial charge in [0.2, 0.25) is 24.5 Å². The van der Waals surface area contributed by atoms with Gasteiger partial charge in [0.15, 0.2) is 11.5 Å². The smallest absolute Gasteiger partial charge is 0.319 e. The van der Waals surface area contributed by atoms with Crippen molar-refractivity contribution in [2.45, 2.75) is 0 Å². The van der Waals surface area contributed by atoms with Crippen LogP contribution in [0, 0.1) is 5.95 Å². The fraction of sp³-hybridized carbons (Fsp3) is 0.133. The molecule has 1 aromatic carbocycles. The first-order valence-electron chi connectivity index (χ1n) is 7.08. The minimum atomic E-state index is -0.951. The summed E-state index contributed by atoms with van der Waals surface area (Å²) < 4.78 is 29.8. The van der Waals surface area contributed by atoms with Crippen LogP contribution in [0.3, 0.4) is 0 Å². The van der Waals surface area contributed by atoms with Gasteiger partial charge >= 0.3 is 6.03 Å². The van der Waals surface area contributed by atoms with E-state index >= 15 is 0 Å². The number of rotatable bonds is 5. The number of nitrogens with one attached hydrogen (secondary N) is 2. The minimum absolute atomic E-state index is 0.0144. The lowest BCUT2D eigenvalue weighted by atomic mass is 10.3. The zero-order valence-electron chi connectivity index (χ0n) is 12.7. The summed E-state index contributed by atoms with van der Waals surface area (Å²) in [5.41, 5.74) is 4.71. The van der Waals surface area contributed by atoms with Crippen molar-refractivity contribution in [3.05, 3.63) is 36.3 Å². The molecule has 0 unspecified atom stereocenters. The molecule has 9 nitrogen and oxygen atoms in total. The van der Waals surface area contributed by atoms with Gasteiger partial charge in [-0.15, -0.1) is 0 Å². The third kappa shape index (κ3) is 4.05. The van der Waals surface area contributed by atoms with Crippen molar-refractivity contribution >= 4 is 17.6 Å². The Bertz CT molecular complexity index is 830. The lowest BCUT2D eigenvalue weighted by Crippen LogP contribution is -2.36. The number of amides is 3. The quantitative estimate of drug-likeness (QED) is 0.701. The first kappa shape index (κ1) is 16.3. The van der Waals surface area contributed by atoms with E-state index in [9.17, 15) is 14.0 Å². The number of nitrogens with zero attached hydrogens (tertiary/aromatic N) is 1. The Morgan fingerprint density at radius 3 is 2.80 bits per heavy atom. The van der Waals surface area contributed by atoms with E-state index in [1.807, 2.05) is 0 Å². The van der Waals surface area contributed by atoms with Crippen molar-refractivity contribution in [2.24, 2.45) is 5.73 Å². The molecule has 0 saturated heterocycles. The number of halogens is 1. The SMILES string of the molecule is NC(=O)CNC(=O)Nc1ccc(Oc2ccc3c(c2)OCO3)nc1F. The van der Waals surface area contributed by atoms with Crippen LogP contribution < -0.4 is 30.6 Å². The Labute approximate surface area is 140 Å². The number of carbonyl (C=O) groups is 2. The number of fused-ring (bicyclic) bond motifs is 1. The summed E-state index contributed by atoms with van der Waals surface area (Å²) in [4.78, 5) is 25.7. The summed E-state index contributed by atoms with van der Waals surface area (Å²) in [5, 5.41) is 4.36. The molecule has 4 N–H and O–H groups in total. The van der Waals surface area contributed by atoms with Crippen molar-refractivity contribution in [3.63, 3.8) is 0 Å². The largest absolute Gasteiger partial charge is 0.454 e. The van der Waals surface area contributed by atoms with Crippen LogP contribution in [0.5, 0.6) is 23.1 Å². The van der Waals surface area contributed by atoms with Crippen LogP contribution in [0.25, 0.3) is 0 Å². The number of primary amides is 1. The third-order valence-electron chi connectivity index (χ3n) is 3.06. The van der Waals surface area contributed by atoms with Crippen molar-refractivity contribution in [1.82, 2.24) is 10.3 Å². The standard InChI is InChI=1S/C15H13FN4O5/c16-14-9(19-15(22)18-6-12(17)21)2-4-13(20-14)25-8-1-3-10-11(5-8)24-7-23-10/h1-5H,6-7H2,(H2,17,21)(H2,18,19,22). The molecule has 3 rings (SSSR count). The zero-order chi connectivity index (χ0) is 17.8. The van der Waals surface area contributed by atoms with Crippen molar-refractivity contribution in [2.75, 3.05) is 18.7 Å². The Balaban J connectivity index is 1.65. The maximum absolute atomic E-state index is 14.0. The second-order valence-electron chi connectivity index (χ2n) is 4.88. The van der Waals surface area contributed by atoms with E-state index in [1.165, 1.54) is 12.1 Å². The highest BCUT2D eigenvalue weighted by atomic mass is 19.1. The molecule has 0 spiro atoms. The van der Waals surface area contributed by atoms with E-state index < -0.39 is 17.9 Å². The molecular formula is C15H13FN4O5. The molecule has 10 heteroatoms. The fourth-order valence-electron chi connectivity index (χ4n) is 1.96. The molecule has 0 bridgehead atoms. The van der Waals surface area contributed by atoms with Crippen molar-refractivity contribution in [3.8, 4) is 23.1 Å². The third-order valence-corrected chi connectivity index (χ3v) is 3.06. The van der Waals surface area contributed by atoms with Gasteiger partial charge in [0, 0.05) is 12.1 Å². The van der Waals surface area contributed by atoms with Gasteiger partial charge in [-0.1, -0.05) is 0 Å². The zero-order valence-corrected chi connectivity index (χ0v) is 12.7. The topological polar surface area (TPSA) is 125 Å². The van der Waals surface area contributed by atoms with Crippen LogP contribution in [0.15, 0.2) is 30.3 Å². The number of nitrogens with two attached hydrogens (primary N) is 1. The van der Waals surface area contributed by atoms with Crippen LogP contribution in [0.2, 0.25) is 0 Å². The summed E-state index contributed by atoms with van der Waals surface area (Å²) in [6, 6.07) is 6.73.